The molecule has 2 unspecified atom stereocenters. The fourth-order valence-corrected chi connectivity index (χ4v) is 3.32. The highest BCUT2D eigenvalue weighted by molar-refractivity contribution is 5.58. The summed E-state index contributed by atoms with van der Waals surface area (Å²) >= 11 is 0. The second-order valence-corrected chi connectivity index (χ2v) is 6.18. The van der Waals surface area contributed by atoms with Crippen molar-refractivity contribution in [3.8, 4) is 11.5 Å². The first-order chi connectivity index (χ1) is 10.3. The number of nitrogens with one attached hydrogen (secondary N) is 1. The predicted octanol–water partition coefficient (Wildman–Crippen LogP) is 2.77. The molecule has 1 aliphatic carbocycles. The molecule has 5 heteroatoms. The first-order valence-corrected chi connectivity index (χ1v) is 7.68. The number of likely N-dealkylation sites (tertiary alicyclic amines) is 1. The van der Waals surface area contributed by atoms with Gasteiger partial charge in [-0.05, 0) is 50.5 Å². The number of nitrogens with zero attached hydrogens (tertiary/aromatic N) is 3. The van der Waals surface area contributed by atoms with Crippen LogP contribution < -0.4 is 5.32 Å². The number of anilines is 1. The lowest BCUT2D eigenvalue weighted by Gasteiger charge is -2.20. The van der Waals surface area contributed by atoms with Gasteiger partial charge >= 0.3 is 0 Å². The highest BCUT2D eigenvalue weighted by Crippen LogP contribution is 2.34. The quantitative estimate of drug-likeness (QED) is 0.935. The molecule has 1 saturated heterocycles. The van der Waals surface area contributed by atoms with Gasteiger partial charge in [0.1, 0.15) is 0 Å². The van der Waals surface area contributed by atoms with E-state index in [0.29, 0.717) is 18.0 Å². The van der Waals surface area contributed by atoms with Crippen molar-refractivity contribution in [2.75, 3.05) is 11.9 Å². The monoisotopic (exact) mass is 284 g/mol. The molecule has 21 heavy (non-hydrogen) atoms. The largest absolute Gasteiger partial charge is 0.423 e. The van der Waals surface area contributed by atoms with E-state index >= 15 is 0 Å². The molecule has 1 aromatic heterocycles. The number of rotatable bonds is 4. The van der Waals surface area contributed by atoms with E-state index in [9.17, 15) is 0 Å². The van der Waals surface area contributed by atoms with E-state index in [0.717, 1.165) is 23.8 Å². The maximum Gasteiger partial charge on any atom is 0.247 e. The Morgan fingerprint density at radius 2 is 2.05 bits per heavy atom. The van der Waals surface area contributed by atoms with Crippen LogP contribution in [0.15, 0.2) is 35.1 Å². The van der Waals surface area contributed by atoms with E-state index in [4.69, 9.17) is 4.42 Å². The highest BCUT2D eigenvalue weighted by Gasteiger charge is 2.38. The zero-order valence-corrected chi connectivity index (χ0v) is 12.2. The first kappa shape index (κ1) is 12.8. The summed E-state index contributed by atoms with van der Waals surface area (Å²) in [4.78, 5) is 2.66. The average molecular weight is 284 g/mol. The Labute approximate surface area is 124 Å². The summed E-state index contributed by atoms with van der Waals surface area (Å²) in [7, 11) is 0. The Bertz CT molecular complexity index is 591. The van der Waals surface area contributed by atoms with Crippen LogP contribution in [0.2, 0.25) is 0 Å². The van der Waals surface area contributed by atoms with Crippen molar-refractivity contribution in [1.82, 2.24) is 15.1 Å². The summed E-state index contributed by atoms with van der Waals surface area (Å²) in [6.45, 7) is 3.51. The normalized spacial score (nSPS) is 26.1. The van der Waals surface area contributed by atoms with Gasteiger partial charge in [-0.15, -0.1) is 10.2 Å². The van der Waals surface area contributed by atoms with E-state index in [-0.39, 0.29) is 0 Å². The lowest BCUT2D eigenvalue weighted by atomic mass is 10.1. The van der Waals surface area contributed by atoms with Gasteiger partial charge in [-0.2, -0.15) is 0 Å². The van der Waals surface area contributed by atoms with Crippen LogP contribution in [0.5, 0.6) is 0 Å². The van der Waals surface area contributed by atoms with Crippen molar-refractivity contribution >= 4 is 5.69 Å². The van der Waals surface area contributed by atoms with Crippen molar-refractivity contribution < 1.29 is 4.42 Å². The van der Waals surface area contributed by atoms with Gasteiger partial charge < -0.3 is 9.73 Å². The van der Waals surface area contributed by atoms with Crippen molar-refractivity contribution in [3.05, 3.63) is 30.7 Å². The Kier molecular flexibility index (Phi) is 3.15. The minimum absolute atomic E-state index is 0.551. The SMILES string of the molecule is CC1CC(Nc2ccc(-c3nnco3)cc2)CN1C1CC1. The zero-order chi connectivity index (χ0) is 14.2. The van der Waals surface area contributed by atoms with Crippen molar-refractivity contribution in [3.63, 3.8) is 0 Å². The van der Waals surface area contributed by atoms with Crippen LogP contribution in [-0.4, -0.2) is 39.8 Å². The van der Waals surface area contributed by atoms with E-state index in [2.05, 4.69) is 39.5 Å². The molecule has 0 bridgehead atoms. The molecule has 2 fully saturated rings. The summed E-state index contributed by atoms with van der Waals surface area (Å²) in [5.74, 6) is 0.566. The maximum absolute atomic E-state index is 5.20. The molecular formula is C16H20N4O. The summed E-state index contributed by atoms with van der Waals surface area (Å²) in [6.07, 6.45) is 5.35. The van der Waals surface area contributed by atoms with E-state index < -0.39 is 0 Å². The Morgan fingerprint density at radius 1 is 1.24 bits per heavy atom. The molecule has 2 heterocycles. The lowest BCUT2D eigenvalue weighted by Crippen LogP contribution is -2.30. The van der Waals surface area contributed by atoms with Crippen molar-refractivity contribution in [2.24, 2.45) is 0 Å². The van der Waals surface area contributed by atoms with Gasteiger partial charge in [0.2, 0.25) is 12.3 Å². The summed E-state index contributed by atoms with van der Waals surface area (Å²) in [5, 5.41) is 11.3. The van der Waals surface area contributed by atoms with Crippen LogP contribution in [0.3, 0.4) is 0 Å². The molecule has 4 rings (SSSR count). The fourth-order valence-electron chi connectivity index (χ4n) is 3.32. The second kappa shape index (κ2) is 5.15. The standard InChI is InChI=1S/C16H20N4O/c1-11-8-14(9-20(11)15-6-7-15)18-13-4-2-12(3-5-13)16-19-17-10-21-16/h2-5,10-11,14-15,18H,6-9H2,1H3. The van der Waals surface area contributed by atoms with Crippen molar-refractivity contribution in [1.29, 1.82) is 0 Å². The molecule has 1 aliphatic heterocycles. The Morgan fingerprint density at radius 3 is 2.71 bits per heavy atom. The molecule has 0 amide bonds. The van der Waals surface area contributed by atoms with Gasteiger partial charge in [0.25, 0.3) is 0 Å². The zero-order valence-electron chi connectivity index (χ0n) is 12.2. The predicted molar refractivity (Wildman–Crippen MR) is 81.0 cm³/mol. The number of aromatic nitrogens is 2. The summed E-state index contributed by atoms with van der Waals surface area (Å²) in [6, 6.07) is 10.3. The van der Waals surface area contributed by atoms with Crippen molar-refractivity contribution in [2.45, 2.75) is 44.3 Å². The molecule has 2 aliphatic rings. The van der Waals surface area contributed by atoms with Crippen LogP contribution in [0.4, 0.5) is 5.69 Å². The minimum Gasteiger partial charge on any atom is -0.423 e. The van der Waals surface area contributed by atoms with E-state index in [1.54, 1.807) is 0 Å². The molecule has 2 aromatic rings. The van der Waals surface area contributed by atoms with Gasteiger partial charge in [0.05, 0.1) is 0 Å². The smallest absolute Gasteiger partial charge is 0.247 e. The molecule has 1 N–H and O–H groups in total. The molecule has 110 valence electrons. The first-order valence-electron chi connectivity index (χ1n) is 7.68. The van der Waals surface area contributed by atoms with Crippen LogP contribution in [0.25, 0.3) is 11.5 Å². The van der Waals surface area contributed by atoms with Crippen LogP contribution in [0.1, 0.15) is 26.2 Å². The molecule has 2 atom stereocenters. The van der Waals surface area contributed by atoms with Gasteiger partial charge in [-0.1, -0.05) is 0 Å². The molecule has 0 radical (unpaired) electrons. The van der Waals surface area contributed by atoms with Gasteiger partial charge in [0.15, 0.2) is 0 Å². The second-order valence-electron chi connectivity index (χ2n) is 6.18. The third kappa shape index (κ3) is 2.65. The van der Waals surface area contributed by atoms with Crippen LogP contribution >= 0.6 is 0 Å². The third-order valence-electron chi connectivity index (χ3n) is 4.50. The average Bonchev–Trinajstić information content (AvgIpc) is 3.05. The van der Waals surface area contributed by atoms with Gasteiger partial charge in [-0.25, -0.2) is 0 Å². The minimum atomic E-state index is 0.551. The Balaban J connectivity index is 1.41. The fraction of sp³-hybridized carbons (Fsp3) is 0.500. The molecule has 0 spiro atoms. The molecule has 1 saturated carbocycles. The number of hydrogen-bond donors (Lipinski definition) is 1. The van der Waals surface area contributed by atoms with E-state index in [1.807, 2.05) is 12.1 Å². The molecule has 1 aromatic carbocycles. The number of hydrogen-bond acceptors (Lipinski definition) is 5. The van der Waals surface area contributed by atoms with E-state index in [1.165, 1.54) is 25.7 Å². The highest BCUT2D eigenvalue weighted by atomic mass is 16.4. The third-order valence-corrected chi connectivity index (χ3v) is 4.50. The Hall–Kier alpha value is -1.88. The summed E-state index contributed by atoms with van der Waals surface area (Å²) in [5.41, 5.74) is 2.12. The van der Waals surface area contributed by atoms with Gasteiger partial charge in [-0.3, -0.25) is 4.90 Å². The lowest BCUT2D eigenvalue weighted by molar-refractivity contribution is 0.257. The van der Waals surface area contributed by atoms with Crippen LogP contribution in [-0.2, 0) is 0 Å². The van der Waals surface area contributed by atoms with Crippen LogP contribution in [0, 0.1) is 0 Å². The molecular weight excluding hydrogens is 264 g/mol. The molecule has 5 nitrogen and oxygen atoms in total. The van der Waals surface area contributed by atoms with Gasteiger partial charge in [0, 0.05) is 35.9 Å². The maximum atomic E-state index is 5.20. The summed E-state index contributed by atoms with van der Waals surface area (Å²) < 4.78 is 5.20. The number of benzene rings is 1. The topological polar surface area (TPSA) is 54.2 Å².